The molecular weight excluding hydrogens is 436 g/mol. The second-order valence-corrected chi connectivity index (χ2v) is 10.1. The summed E-state index contributed by atoms with van der Waals surface area (Å²) in [5.74, 6) is -2.83. The molecule has 174 valence electrons. The molecule has 1 amide bonds. The number of hydrogen-bond acceptors (Lipinski definition) is 4. The van der Waals surface area contributed by atoms with E-state index < -0.39 is 33.6 Å². The van der Waals surface area contributed by atoms with Gasteiger partial charge in [0.05, 0.1) is 11.9 Å². The molecule has 1 saturated heterocycles. The van der Waals surface area contributed by atoms with Crippen LogP contribution in [0.1, 0.15) is 37.3 Å². The molecule has 2 aromatic rings. The number of amides is 1. The van der Waals surface area contributed by atoms with Gasteiger partial charge >= 0.3 is 0 Å². The molecule has 0 saturated carbocycles. The molecule has 0 spiro atoms. The molecule has 1 N–H and O–H groups in total. The van der Waals surface area contributed by atoms with Crippen LogP contribution in [0.2, 0.25) is 0 Å². The lowest BCUT2D eigenvalue weighted by Crippen LogP contribution is -2.47. The second-order valence-electron chi connectivity index (χ2n) is 8.20. The monoisotopic (exact) mass is 465 g/mol. The van der Waals surface area contributed by atoms with Gasteiger partial charge in [-0.05, 0) is 56.1 Å². The van der Waals surface area contributed by atoms with Crippen LogP contribution < -0.4 is 9.62 Å². The summed E-state index contributed by atoms with van der Waals surface area (Å²) in [6, 6.07) is 9.52. The van der Waals surface area contributed by atoms with E-state index in [0.29, 0.717) is 0 Å². The van der Waals surface area contributed by atoms with Crippen molar-refractivity contribution < 1.29 is 22.0 Å². The Hall–Kier alpha value is -2.52. The highest BCUT2D eigenvalue weighted by Crippen LogP contribution is 2.23. The van der Waals surface area contributed by atoms with E-state index in [2.05, 4.69) is 10.2 Å². The molecule has 1 unspecified atom stereocenters. The number of rotatable bonds is 8. The average molecular weight is 466 g/mol. The molecule has 0 radical (unpaired) electrons. The number of hydrogen-bond donors (Lipinski definition) is 1. The number of piperidine rings is 1. The van der Waals surface area contributed by atoms with Crippen LogP contribution in [0.5, 0.6) is 0 Å². The van der Waals surface area contributed by atoms with E-state index in [1.807, 2.05) is 24.3 Å². The van der Waals surface area contributed by atoms with Crippen LogP contribution in [0.25, 0.3) is 0 Å². The van der Waals surface area contributed by atoms with Crippen molar-refractivity contribution in [3.8, 4) is 0 Å². The third-order valence-corrected chi connectivity index (χ3v) is 6.83. The van der Waals surface area contributed by atoms with Crippen LogP contribution in [0.15, 0.2) is 42.5 Å². The Morgan fingerprint density at radius 3 is 2.25 bits per heavy atom. The Kier molecular flexibility index (Phi) is 7.84. The molecule has 0 aromatic heterocycles. The van der Waals surface area contributed by atoms with Crippen molar-refractivity contribution >= 4 is 21.6 Å². The molecule has 1 fully saturated rings. The van der Waals surface area contributed by atoms with Crippen molar-refractivity contribution in [2.24, 2.45) is 0 Å². The van der Waals surface area contributed by atoms with Gasteiger partial charge in [0, 0.05) is 19.2 Å². The lowest BCUT2D eigenvalue weighted by atomic mass is 10.1. The zero-order valence-corrected chi connectivity index (χ0v) is 19.2. The first-order valence-electron chi connectivity index (χ1n) is 10.7. The zero-order valence-electron chi connectivity index (χ0n) is 18.4. The van der Waals surface area contributed by atoms with Crippen molar-refractivity contribution in [3.05, 3.63) is 65.2 Å². The Morgan fingerprint density at radius 1 is 1.03 bits per heavy atom. The van der Waals surface area contributed by atoms with Gasteiger partial charge in [0.15, 0.2) is 11.6 Å². The summed E-state index contributed by atoms with van der Waals surface area (Å²) in [6.07, 6.45) is 4.67. The van der Waals surface area contributed by atoms with Crippen LogP contribution in [0, 0.1) is 11.6 Å². The summed E-state index contributed by atoms with van der Waals surface area (Å²) in [7, 11) is -3.92. The number of anilines is 1. The lowest BCUT2D eigenvalue weighted by molar-refractivity contribution is -0.122. The van der Waals surface area contributed by atoms with Crippen molar-refractivity contribution in [2.45, 2.75) is 45.3 Å². The molecule has 0 bridgehead atoms. The first kappa shape index (κ1) is 24.1. The molecular formula is C23H29F2N3O3S. The molecule has 1 aliphatic heterocycles. The molecule has 9 heteroatoms. The summed E-state index contributed by atoms with van der Waals surface area (Å²) in [6.45, 7) is 4.76. The SMILES string of the molecule is CC(C(=O)NCc1ccc(CN2CCCCC2)cc1)N(c1ccc(F)c(F)c1)S(C)(=O)=O. The second kappa shape index (κ2) is 10.4. The van der Waals surface area contributed by atoms with Crippen LogP contribution in [0.4, 0.5) is 14.5 Å². The van der Waals surface area contributed by atoms with Crippen molar-refractivity contribution in [2.75, 3.05) is 23.7 Å². The minimum absolute atomic E-state index is 0.115. The van der Waals surface area contributed by atoms with E-state index in [-0.39, 0.29) is 12.2 Å². The summed E-state index contributed by atoms with van der Waals surface area (Å²) < 4.78 is 52.2. The summed E-state index contributed by atoms with van der Waals surface area (Å²) in [5, 5.41) is 2.72. The molecule has 3 rings (SSSR count). The maximum absolute atomic E-state index is 13.6. The fourth-order valence-electron chi connectivity index (χ4n) is 3.91. The van der Waals surface area contributed by atoms with E-state index in [4.69, 9.17) is 0 Å². The number of likely N-dealkylation sites (tertiary alicyclic amines) is 1. The lowest BCUT2D eigenvalue weighted by Gasteiger charge is -2.28. The Morgan fingerprint density at radius 2 is 1.66 bits per heavy atom. The zero-order chi connectivity index (χ0) is 23.3. The van der Waals surface area contributed by atoms with Gasteiger partial charge in [-0.2, -0.15) is 0 Å². The van der Waals surface area contributed by atoms with E-state index in [1.54, 1.807) is 0 Å². The third kappa shape index (κ3) is 6.26. The maximum Gasteiger partial charge on any atom is 0.243 e. The van der Waals surface area contributed by atoms with Gasteiger partial charge in [-0.1, -0.05) is 30.7 Å². The Balaban J connectivity index is 1.62. The van der Waals surface area contributed by atoms with Crippen LogP contribution >= 0.6 is 0 Å². The number of sulfonamides is 1. The predicted molar refractivity (Wildman–Crippen MR) is 121 cm³/mol. The van der Waals surface area contributed by atoms with Crippen molar-refractivity contribution in [1.82, 2.24) is 10.2 Å². The smallest absolute Gasteiger partial charge is 0.243 e. The van der Waals surface area contributed by atoms with Gasteiger partial charge in [-0.25, -0.2) is 17.2 Å². The van der Waals surface area contributed by atoms with E-state index in [1.165, 1.54) is 31.7 Å². The van der Waals surface area contributed by atoms with Crippen LogP contribution in [-0.2, 0) is 27.9 Å². The molecule has 2 aromatic carbocycles. The normalized spacial score (nSPS) is 15.9. The number of benzene rings is 2. The minimum atomic E-state index is -3.92. The minimum Gasteiger partial charge on any atom is -0.350 e. The largest absolute Gasteiger partial charge is 0.350 e. The summed E-state index contributed by atoms with van der Waals surface area (Å²) >= 11 is 0. The average Bonchev–Trinajstić information content (AvgIpc) is 2.75. The standard InChI is InChI=1S/C23H29F2N3O3S/c1-17(28(32(2,30)31)20-10-11-21(24)22(25)14-20)23(29)26-15-18-6-8-19(9-7-18)16-27-12-4-3-5-13-27/h6-11,14,17H,3-5,12-13,15-16H2,1-2H3,(H,26,29). The predicted octanol–water partition coefficient (Wildman–Crippen LogP) is 3.42. The van der Waals surface area contributed by atoms with Gasteiger partial charge in [-0.15, -0.1) is 0 Å². The summed E-state index contributed by atoms with van der Waals surface area (Å²) in [4.78, 5) is 15.1. The topological polar surface area (TPSA) is 69.7 Å². The molecule has 0 aliphatic carbocycles. The Labute approximate surface area is 188 Å². The highest BCUT2D eigenvalue weighted by atomic mass is 32.2. The van der Waals surface area contributed by atoms with Crippen LogP contribution in [0.3, 0.4) is 0 Å². The number of nitrogens with zero attached hydrogens (tertiary/aromatic N) is 2. The number of halogens is 2. The van der Waals surface area contributed by atoms with E-state index >= 15 is 0 Å². The fraction of sp³-hybridized carbons (Fsp3) is 0.435. The van der Waals surface area contributed by atoms with Gasteiger partial charge in [0.1, 0.15) is 6.04 Å². The van der Waals surface area contributed by atoms with Crippen molar-refractivity contribution in [3.63, 3.8) is 0 Å². The Bertz CT molecular complexity index is 1040. The molecule has 1 aliphatic rings. The first-order chi connectivity index (χ1) is 15.1. The van der Waals surface area contributed by atoms with Gasteiger partial charge in [0.25, 0.3) is 0 Å². The van der Waals surface area contributed by atoms with Crippen LogP contribution in [-0.4, -0.2) is 44.6 Å². The van der Waals surface area contributed by atoms with Gasteiger partial charge < -0.3 is 5.32 Å². The molecule has 32 heavy (non-hydrogen) atoms. The third-order valence-electron chi connectivity index (χ3n) is 5.59. The molecule has 1 atom stereocenters. The molecule has 6 nitrogen and oxygen atoms in total. The quantitative estimate of drug-likeness (QED) is 0.649. The van der Waals surface area contributed by atoms with Gasteiger partial charge in [-0.3, -0.25) is 14.0 Å². The van der Waals surface area contributed by atoms with E-state index in [0.717, 1.165) is 54.0 Å². The van der Waals surface area contributed by atoms with E-state index in [9.17, 15) is 22.0 Å². The van der Waals surface area contributed by atoms with Crippen molar-refractivity contribution in [1.29, 1.82) is 0 Å². The number of carbonyl (C=O) groups is 1. The maximum atomic E-state index is 13.6. The number of carbonyl (C=O) groups excluding carboxylic acids is 1. The van der Waals surface area contributed by atoms with Gasteiger partial charge in [0.2, 0.25) is 15.9 Å². The summed E-state index contributed by atoms with van der Waals surface area (Å²) in [5.41, 5.74) is 1.97. The first-order valence-corrected chi connectivity index (χ1v) is 12.5. The fourth-order valence-corrected chi connectivity index (χ4v) is 5.07. The number of nitrogens with one attached hydrogen (secondary N) is 1. The highest BCUT2D eigenvalue weighted by Gasteiger charge is 2.29. The highest BCUT2D eigenvalue weighted by molar-refractivity contribution is 7.92. The molecule has 1 heterocycles.